The molecular formula is C16H12F2O3. The normalized spacial score (nSPS) is 10.8. The summed E-state index contributed by atoms with van der Waals surface area (Å²) in [6.45, 7) is 0.0866. The van der Waals surface area contributed by atoms with Gasteiger partial charge in [-0.1, -0.05) is 12.1 Å². The van der Waals surface area contributed by atoms with E-state index in [-0.39, 0.29) is 18.2 Å². The summed E-state index contributed by atoms with van der Waals surface area (Å²) in [6.07, 6.45) is 2.17. The maximum Gasteiger partial charge on any atom is 0.328 e. The number of benzene rings is 2. The molecule has 108 valence electrons. The van der Waals surface area contributed by atoms with Crippen molar-refractivity contribution in [3.8, 4) is 5.75 Å². The Morgan fingerprint density at radius 1 is 1.14 bits per heavy atom. The van der Waals surface area contributed by atoms with E-state index in [1.165, 1.54) is 36.4 Å². The number of aliphatic carboxylic acids is 1. The summed E-state index contributed by atoms with van der Waals surface area (Å²) >= 11 is 0. The predicted molar refractivity (Wildman–Crippen MR) is 73.8 cm³/mol. The van der Waals surface area contributed by atoms with Crippen LogP contribution in [-0.2, 0) is 11.4 Å². The Labute approximate surface area is 120 Å². The first-order chi connectivity index (χ1) is 10.0. The molecule has 0 fully saturated rings. The maximum atomic E-state index is 13.4. The van der Waals surface area contributed by atoms with Gasteiger partial charge in [-0.15, -0.1) is 0 Å². The maximum absolute atomic E-state index is 13.4. The Morgan fingerprint density at radius 2 is 1.95 bits per heavy atom. The number of hydrogen-bond acceptors (Lipinski definition) is 2. The van der Waals surface area contributed by atoms with Gasteiger partial charge in [-0.2, -0.15) is 0 Å². The first-order valence-electron chi connectivity index (χ1n) is 6.12. The van der Waals surface area contributed by atoms with Crippen LogP contribution in [0.15, 0.2) is 48.5 Å². The minimum Gasteiger partial charge on any atom is -0.489 e. The number of carboxylic acids is 1. The molecular weight excluding hydrogens is 278 g/mol. The highest BCUT2D eigenvalue weighted by Gasteiger charge is 2.02. The van der Waals surface area contributed by atoms with Crippen molar-refractivity contribution in [1.29, 1.82) is 0 Å². The molecule has 1 N–H and O–H groups in total. The molecule has 2 aromatic rings. The van der Waals surface area contributed by atoms with Gasteiger partial charge in [-0.25, -0.2) is 13.6 Å². The minimum absolute atomic E-state index is 0.0866. The van der Waals surface area contributed by atoms with Crippen LogP contribution in [0.1, 0.15) is 11.1 Å². The molecule has 0 aromatic heterocycles. The summed E-state index contributed by atoms with van der Waals surface area (Å²) < 4.78 is 31.8. The van der Waals surface area contributed by atoms with Crippen LogP contribution in [-0.4, -0.2) is 11.1 Å². The fourth-order valence-electron chi connectivity index (χ4n) is 1.72. The predicted octanol–water partition coefficient (Wildman–Crippen LogP) is 3.64. The van der Waals surface area contributed by atoms with Gasteiger partial charge in [0.15, 0.2) is 0 Å². The monoisotopic (exact) mass is 290 g/mol. The van der Waals surface area contributed by atoms with Crippen molar-refractivity contribution in [3.05, 3.63) is 71.3 Å². The lowest BCUT2D eigenvalue weighted by atomic mass is 10.2. The summed E-state index contributed by atoms with van der Waals surface area (Å²) in [7, 11) is 0. The molecule has 2 rings (SSSR count). The SMILES string of the molecule is O=C(O)/C=C/c1cc(F)cc(OCc2cccc(F)c2)c1. The van der Waals surface area contributed by atoms with E-state index in [0.717, 1.165) is 6.08 Å². The molecule has 0 saturated heterocycles. The summed E-state index contributed by atoms with van der Waals surface area (Å²) in [6, 6.07) is 9.76. The Kier molecular flexibility index (Phi) is 4.66. The number of halogens is 2. The van der Waals surface area contributed by atoms with Crippen LogP contribution in [0.4, 0.5) is 8.78 Å². The third kappa shape index (κ3) is 4.72. The van der Waals surface area contributed by atoms with Gasteiger partial charge in [-0.3, -0.25) is 0 Å². The van der Waals surface area contributed by atoms with Crippen LogP contribution in [0.3, 0.4) is 0 Å². The lowest BCUT2D eigenvalue weighted by Gasteiger charge is -2.07. The Hall–Kier alpha value is -2.69. The second kappa shape index (κ2) is 6.65. The molecule has 5 heteroatoms. The second-order valence-electron chi connectivity index (χ2n) is 4.31. The standard InChI is InChI=1S/C16H12F2O3/c17-13-3-1-2-12(7-13)10-21-15-8-11(4-5-16(19)20)6-14(18)9-15/h1-9H,10H2,(H,19,20)/b5-4+. The van der Waals surface area contributed by atoms with Gasteiger partial charge in [0.1, 0.15) is 24.0 Å². The molecule has 2 aromatic carbocycles. The van der Waals surface area contributed by atoms with E-state index in [9.17, 15) is 13.6 Å². The van der Waals surface area contributed by atoms with E-state index in [1.54, 1.807) is 12.1 Å². The third-order valence-electron chi connectivity index (χ3n) is 2.61. The zero-order chi connectivity index (χ0) is 15.2. The van der Waals surface area contributed by atoms with Crippen LogP contribution in [0.5, 0.6) is 5.75 Å². The zero-order valence-corrected chi connectivity index (χ0v) is 10.9. The number of rotatable bonds is 5. The van der Waals surface area contributed by atoms with Crippen LogP contribution < -0.4 is 4.74 Å². The average Bonchev–Trinajstić information content (AvgIpc) is 2.43. The number of hydrogen-bond donors (Lipinski definition) is 1. The van der Waals surface area contributed by atoms with Crippen molar-refractivity contribution in [1.82, 2.24) is 0 Å². The fraction of sp³-hybridized carbons (Fsp3) is 0.0625. The quantitative estimate of drug-likeness (QED) is 0.855. The molecule has 0 aliphatic rings. The first-order valence-corrected chi connectivity index (χ1v) is 6.12. The lowest BCUT2D eigenvalue weighted by Crippen LogP contribution is -1.97. The highest BCUT2D eigenvalue weighted by molar-refractivity contribution is 5.85. The largest absolute Gasteiger partial charge is 0.489 e. The van der Waals surface area contributed by atoms with Crippen molar-refractivity contribution in [2.75, 3.05) is 0 Å². The topological polar surface area (TPSA) is 46.5 Å². The van der Waals surface area contributed by atoms with Gasteiger partial charge in [0.05, 0.1) is 0 Å². The van der Waals surface area contributed by atoms with Gasteiger partial charge in [0.25, 0.3) is 0 Å². The highest BCUT2D eigenvalue weighted by Crippen LogP contribution is 2.19. The van der Waals surface area contributed by atoms with Crippen LogP contribution in [0.2, 0.25) is 0 Å². The summed E-state index contributed by atoms with van der Waals surface area (Å²) in [5, 5.41) is 8.54. The van der Waals surface area contributed by atoms with Crippen molar-refractivity contribution in [3.63, 3.8) is 0 Å². The molecule has 0 unspecified atom stereocenters. The summed E-state index contributed by atoms with van der Waals surface area (Å²) in [4.78, 5) is 10.4. The Balaban J connectivity index is 2.11. The minimum atomic E-state index is -1.12. The van der Waals surface area contributed by atoms with E-state index in [2.05, 4.69) is 0 Å². The molecule has 21 heavy (non-hydrogen) atoms. The smallest absolute Gasteiger partial charge is 0.328 e. The molecule has 0 atom stereocenters. The lowest BCUT2D eigenvalue weighted by molar-refractivity contribution is -0.131. The molecule has 0 saturated carbocycles. The first kappa shape index (κ1) is 14.7. The zero-order valence-electron chi connectivity index (χ0n) is 10.9. The fourth-order valence-corrected chi connectivity index (χ4v) is 1.72. The summed E-state index contributed by atoms with van der Waals surface area (Å²) in [5.41, 5.74) is 0.980. The third-order valence-corrected chi connectivity index (χ3v) is 2.61. The van der Waals surface area contributed by atoms with Crippen LogP contribution in [0.25, 0.3) is 6.08 Å². The van der Waals surface area contributed by atoms with Crippen molar-refractivity contribution < 1.29 is 23.4 Å². The van der Waals surface area contributed by atoms with Gasteiger partial charge in [-0.05, 0) is 41.5 Å². The van der Waals surface area contributed by atoms with E-state index in [0.29, 0.717) is 11.1 Å². The van der Waals surface area contributed by atoms with Crippen LogP contribution in [0, 0.1) is 11.6 Å². The van der Waals surface area contributed by atoms with Gasteiger partial charge in [0.2, 0.25) is 0 Å². The molecule has 0 heterocycles. The molecule has 3 nitrogen and oxygen atoms in total. The van der Waals surface area contributed by atoms with E-state index in [4.69, 9.17) is 9.84 Å². The number of carboxylic acid groups (broad SMARTS) is 1. The van der Waals surface area contributed by atoms with Gasteiger partial charge in [0, 0.05) is 12.1 Å². The highest BCUT2D eigenvalue weighted by atomic mass is 19.1. The molecule has 0 radical (unpaired) electrons. The molecule has 0 aliphatic heterocycles. The Morgan fingerprint density at radius 3 is 2.67 bits per heavy atom. The van der Waals surface area contributed by atoms with E-state index >= 15 is 0 Å². The Bertz CT molecular complexity index is 681. The molecule has 0 amide bonds. The molecule has 0 aliphatic carbocycles. The van der Waals surface area contributed by atoms with Crippen molar-refractivity contribution in [2.24, 2.45) is 0 Å². The number of ether oxygens (including phenoxy) is 1. The van der Waals surface area contributed by atoms with E-state index < -0.39 is 11.8 Å². The second-order valence-corrected chi connectivity index (χ2v) is 4.31. The number of carbonyl (C=O) groups is 1. The summed E-state index contributed by atoms with van der Waals surface area (Å²) in [5.74, 6) is -1.80. The molecule has 0 bridgehead atoms. The van der Waals surface area contributed by atoms with Crippen molar-refractivity contribution >= 4 is 12.0 Å². The van der Waals surface area contributed by atoms with E-state index in [1.807, 2.05) is 0 Å². The van der Waals surface area contributed by atoms with Gasteiger partial charge < -0.3 is 9.84 Å². The molecule has 0 spiro atoms. The van der Waals surface area contributed by atoms with Crippen LogP contribution >= 0.6 is 0 Å². The van der Waals surface area contributed by atoms with Crippen molar-refractivity contribution in [2.45, 2.75) is 6.61 Å². The van der Waals surface area contributed by atoms with Gasteiger partial charge >= 0.3 is 5.97 Å². The average molecular weight is 290 g/mol.